The molecule has 152 valence electrons. The molecule has 2 fully saturated rings. The molecule has 28 heavy (non-hydrogen) atoms. The number of amides is 1. The van der Waals surface area contributed by atoms with Crippen LogP contribution < -0.4 is 10.2 Å². The molecule has 0 spiro atoms. The SMILES string of the molecule is Cc1n[nH]c(C)c1Cc1cc(C(=O)NCC2CCCO2)sc1N1CCOCC1. The maximum atomic E-state index is 12.8. The predicted molar refractivity (Wildman–Crippen MR) is 110 cm³/mol. The van der Waals surface area contributed by atoms with Gasteiger partial charge in [0.15, 0.2) is 0 Å². The number of nitrogens with zero attached hydrogens (tertiary/aromatic N) is 2. The molecular weight excluding hydrogens is 376 g/mol. The first kappa shape index (κ1) is 19.4. The van der Waals surface area contributed by atoms with E-state index in [4.69, 9.17) is 9.47 Å². The van der Waals surface area contributed by atoms with E-state index < -0.39 is 0 Å². The Morgan fingerprint density at radius 1 is 1.36 bits per heavy atom. The minimum absolute atomic E-state index is 0.0121. The molecule has 2 aliphatic heterocycles. The van der Waals surface area contributed by atoms with Gasteiger partial charge in [0.25, 0.3) is 5.91 Å². The number of morpholine rings is 1. The van der Waals surface area contributed by atoms with Crippen LogP contribution in [0.4, 0.5) is 5.00 Å². The summed E-state index contributed by atoms with van der Waals surface area (Å²) in [7, 11) is 0. The minimum Gasteiger partial charge on any atom is -0.378 e. The lowest BCUT2D eigenvalue weighted by Gasteiger charge is -2.28. The third-order valence-corrected chi connectivity index (χ3v) is 6.71. The van der Waals surface area contributed by atoms with Gasteiger partial charge >= 0.3 is 0 Å². The van der Waals surface area contributed by atoms with Gasteiger partial charge in [-0.25, -0.2) is 0 Å². The van der Waals surface area contributed by atoms with Crippen LogP contribution in [-0.2, 0) is 15.9 Å². The quantitative estimate of drug-likeness (QED) is 0.773. The van der Waals surface area contributed by atoms with Crippen LogP contribution in [0.5, 0.6) is 0 Å². The van der Waals surface area contributed by atoms with Crippen molar-refractivity contribution in [2.45, 2.75) is 39.2 Å². The number of ether oxygens (including phenoxy) is 2. The van der Waals surface area contributed by atoms with Crippen molar-refractivity contribution in [3.63, 3.8) is 0 Å². The number of aromatic nitrogens is 2. The second-order valence-electron chi connectivity index (χ2n) is 7.47. The molecule has 1 amide bonds. The van der Waals surface area contributed by atoms with Crippen molar-refractivity contribution in [3.8, 4) is 0 Å². The van der Waals surface area contributed by atoms with Crippen LogP contribution in [0.2, 0.25) is 0 Å². The van der Waals surface area contributed by atoms with Crippen molar-refractivity contribution in [1.29, 1.82) is 0 Å². The lowest BCUT2D eigenvalue weighted by molar-refractivity contribution is 0.0861. The Morgan fingerprint density at radius 2 is 2.18 bits per heavy atom. The van der Waals surface area contributed by atoms with Crippen LogP contribution in [0.1, 0.15) is 45.0 Å². The van der Waals surface area contributed by atoms with Gasteiger partial charge in [-0.2, -0.15) is 5.10 Å². The van der Waals surface area contributed by atoms with Crippen LogP contribution in [0.15, 0.2) is 6.07 Å². The molecule has 4 heterocycles. The molecule has 2 saturated heterocycles. The van der Waals surface area contributed by atoms with Gasteiger partial charge in [-0.15, -0.1) is 11.3 Å². The largest absolute Gasteiger partial charge is 0.378 e. The van der Waals surface area contributed by atoms with E-state index in [-0.39, 0.29) is 12.0 Å². The molecule has 2 N–H and O–H groups in total. The van der Waals surface area contributed by atoms with Crippen molar-refractivity contribution in [2.24, 2.45) is 0 Å². The molecule has 0 saturated carbocycles. The number of anilines is 1. The maximum Gasteiger partial charge on any atom is 0.261 e. The smallest absolute Gasteiger partial charge is 0.261 e. The number of carbonyl (C=O) groups is 1. The predicted octanol–water partition coefficient (Wildman–Crippen LogP) is 2.42. The Labute approximate surface area is 169 Å². The number of aryl methyl sites for hydroxylation is 2. The zero-order valence-electron chi connectivity index (χ0n) is 16.5. The third kappa shape index (κ3) is 4.24. The highest BCUT2D eigenvalue weighted by Gasteiger charge is 2.23. The fraction of sp³-hybridized carbons (Fsp3) is 0.600. The van der Waals surface area contributed by atoms with Crippen molar-refractivity contribution in [3.05, 3.63) is 33.5 Å². The van der Waals surface area contributed by atoms with E-state index in [1.807, 2.05) is 19.9 Å². The van der Waals surface area contributed by atoms with Crippen molar-refractivity contribution in [2.75, 3.05) is 44.4 Å². The first-order valence-corrected chi connectivity index (χ1v) is 10.8. The number of hydrogen-bond acceptors (Lipinski definition) is 6. The number of rotatable bonds is 6. The molecule has 2 aromatic heterocycles. The monoisotopic (exact) mass is 404 g/mol. The summed E-state index contributed by atoms with van der Waals surface area (Å²) < 4.78 is 11.1. The van der Waals surface area contributed by atoms with E-state index in [0.29, 0.717) is 6.54 Å². The summed E-state index contributed by atoms with van der Waals surface area (Å²) in [4.78, 5) is 15.9. The Hall–Kier alpha value is -1.90. The number of nitrogens with one attached hydrogen (secondary N) is 2. The molecular formula is C20H28N4O3S. The normalized spacial score (nSPS) is 19.9. The zero-order valence-corrected chi connectivity index (χ0v) is 17.4. The van der Waals surface area contributed by atoms with Crippen LogP contribution in [0.25, 0.3) is 0 Å². The van der Waals surface area contributed by atoms with Crippen LogP contribution >= 0.6 is 11.3 Å². The highest BCUT2D eigenvalue weighted by Crippen LogP contribution is 2.34. The molecule has 0 radical (unpaired) electrons. The molecule has 0 bridgehead atoms. The van der Waals surface area contributed by atoms with Gasteiger partial charge < -0.3 is 19.7 Å². The summed E-state index contributed by atoms with van der Waals surface area (Å²) >= 11 is 1.58. The molecule has 2 aliphatic rings. The lowest BCUT2D eigenvalue weighted by atomic mass is 10.0. The summed E-state index contributed by atoms with van der Waals surface area (Å²) in [5.41, 5.74) is 4.49. The molecule has 4 rings (SSSR count). The highest BCUT2D eigenvalue weighted by molar-refractivity contribution is 7.18. The van der Waals surface area contributed by atoms with Gasteiger partial charge in [0.05, 0.1) is 34.9 Å². The van der Waals surface area contributed by atoms with Gasteiger partial charge in [0, 0.05) is 43.9 Å². The lowest BCUT2D eigenvalue weighted by Crippen LogP contribution is -2.36. The van der Waals surface area contributed by atoms with E-state index in [1.54, 1.807) is 11.3 Å². The molecule has 7 nitrogen and oxygen atoms in total. The van der Waals surface area contributed by atoms with Crippen molar-refractivity contribution < 1.29 is 14.3 Å². The summed E-state index contributed by atoms with van der Waals surface area (Å²) in [6.45, 7) is 8.61. The average Bonchev–Trinajstić information content (AvgIpc) is 3.44. The molecule has 8 heteroatoms. The summed E-state index contributed by atoms with van der Waals surface area (Å²) in [5, 5.41) is 11.6. The van der Waals surface area contributed by atoms with Crippen LogP contribution in [-0.4, -0.2) is 61.7 Å². The van der Waals surface area contributed by atoms with Gasteiger partial charge in [-0.3, -0.25) is 9.89 Å². The molecule has 0 aromatic carbocycles. The average molecular weight is 405 g/mol. The molecule has 2 aromatic rings. The van der Waals surface area contributed by atoms with Gasteiger partial charge in [0.1, 0.15) is 0 Å². The first-order valence-electron chi connectivity index (χ1n) is 9.97. The number of aromatic amines is 1. The van der Waals surface area contributed by atoms with Crippen molar-refractivity contribution in [1.82, 2.24) is 15.5 Å². The summed E-state index contributed by atoms with van der Waals surface area (Å²) in [6, 6.07) is 2.05. The second kappa shape index (κ2) is 8.63. The fourth-order valence-corrected chi connectivity index (χ4v) is 4.96. The summed E-state index contributed by atoms with van der Waals surface area (Å²) in [6.07, 6.45) is 3.02. The minimum atomic E-state index is -0.0121. The number of hydrogen-bond donors (Lipinski definition) is 2. The number of carbonyl (C=O) groups excluding carboxylic acids is 1. The van der Waals surface area contributed by atoms with Gasteiger partial charge in [0.2, 0.25) is 0 Å². The summed E-state index contributed by atoms with van der Waals surface area (Å²) in [5.74, 6) is -0.0121. The van der Waals surface area contributed by atoms with E-state index >= 15 is 0 Å². The Balaban J connectivity index is 1.55. The molecule has 1 unspecified atom stereocenters. The Morgan fingerprint density at radius 3 is 2.86 bits per heavy atom. The first-order chi connectivity index (χ1) is 13.6. The maximum absolute atomic E-state index is 12.8. The number of H-pyrrole nitrogens is 1. The topological polar surface area (TPSA) is 79.5 Å². The molecule has 1 atom stereocenters. The second-order valence-corrected chi connectivity index (χ2v) is 8.51. The van der Waals surface area contributed by atoms with Gasteiger partial charge in [-0.05, 0) is 38.3 Å². The Kier molecular flexibility index (Phi) is 5.99. The Bertz CT molecular complexity index is 800. The van der Waals surface area contributed by atoms with E-state index in [1.165, 1.54) is 16.1 Å². The van der Waals surface area contributed by atoms with Crippen LogP contribution in [0, 0.1) is 13.8 Å². The van der Waals surface area contributed by atoms with E-state index in [9.17, 15) is 4.79 Å². The zero-order chi connectivity index (χ0) is 19.5. The highest BCUT2D eigenvalue weighted by atomic mass is 32.1. The number of thiophene rings is 1. The van der Waals surface area contributed by atoms with E-state index in [0.717, 1.165) is 68.4 Å². The standard InChI is InChI=1S/C20H28N4O3S/c1-13-17(14(2)23-22-13)10-15-11-18(19(25)21-12-16-4-3-7-27-16)28-20(15)24-5-8-26-9-6-24/h11,16H,3-10,12H2,1-2H3,(H,21,25)(H,22,23). The molecule has 0 aliphatic carbocycles. The third-order valence-electron chi connectivity index (χ3n) is 5.47. The van der Waals surface area contributed by atoms with Crippen molar-refractivity contribution >= 4 is 22.2 Å². The fourth-order valence-electron chi connectivity index (χ4n) is 3.82. The van der Waals surface area contributed by atoms with E-state index in [2.05, 4.69) is 20.4 Å². The van der Waals surface area contributed by atoms with Crippen LogP contribution in [0.3, 0.4) is 0 Å². The van der Waals surface area contributed by atoms with Gasteiger partial charge in [-0.1, -0.05) is 0 Å².